The van der Waals surface area contributed by atoms with Crippen molar-refractivity contribution >= 4 is 32.0 Å². The van der Waals surface area contributed by atoms with E-state index in [0.717, 1.165) is 16.9 Å². The number of carbonyl (C=O) groups is 1. The van der Waals surface area contributed by atoms with Gasteiger partial charge in [-0.3, -0.25) is 4.79 Å². The second-order valence-electron chi connectivity index (χ2n) is 5.72. The first-order valence-electron chi connectivity index (χ1n) is 7.80. The molecule has 1 unspecified atom stereocenters. The molecule has 1 atom stereocenters. The van der Waals surface area contributed by atoms with Crippen molar-refractivity contribution in [3.63, 3.8) is 0 Å². The van der Waals surface area contributed by atoms with Crippen molar-refractivity contribution in [1.29, 1.82) is 0 Å². The van der Waals surface area contributed by atoms with Crippen LogP contribution >= 0.6 is 15.9 Å². The minimum atomic E-state index is -0.871. The maximum Gasteiger partial charge on any atom is 0.227 e. The lowest BCUT2D eigenvalue weighted by atomic mass is 9.90. The lowest BCUT2D eigenvalue weighted by molar-refractivity contribution is -0.114. The number of benzene rings is 3. The smallest absolute Gasteiger partial charge is 0.227 e. The Kier molecular flexibility index (Phi) is 4.81. The van der Waals surface area contributed by atoms with Gasteiger partial charge in [-0.1, -0.05) is 66.7 Å². The van der Waals surface area contributed by atoms with Crippen molar-refractivity contribution in [2.75, 3.05) is 4.90 Å². The van der Waals surface area contributed by atoms with Crippen molar-refractivity contribution in [2.45, 2.75) is 12.5 Å². The lowest BCUT2D eigenvalue weighted by Gasteiger charge is -2.41. The summed E-state index contributed by atoms with van der Waals surface area (Å²) in [5.41, 5.74) is 1.98. The van der Waals surface area contributed by atoms with E-state index < -0.39 is 5.54 Å². The van der Waals surface area contributed by atoms with Crippen LogP contribution in [0.4, 0.5) is 11.4 Å². The first-order valence-corrected chi connectivity index (χ1v) is 8.59. The predicted octanol–water partition coefficient (Wildman–Crippen LogP) is 5.66. The zero-order valence-electron chi connectivity index (χ0n) is 13.4. The van der Waals surface area contributed by atoms with Crippen molar-refractivity contribution in [3.05, 3.63) is 96.6 Å². The number of carbonyl (C=O) groups excluding carboxylic acids is 1. The molecule has 0 aromatic heterocycles. The highest BCUT2D eigenvalue weighted by Gasteiger charge is 2.40. The molecule has 0 heterocycles. The van der Waals surface area contributed by atoms with E-state index in [1.807, 2.05) is 97.9 Å². The maximum atomic E-state index is 12.7. The van der Waals surface area contributed by atoms with E-state index >= 15 is 0 Å². The Morgan fingerprint density at radius 2 is 1.12 bits per heavy atom. The van der Waals surface area contributed by atoms with Gasteiger partial charge in [0.2, 0.25) is 4.69 Å². The van der Waals surface area contributed by atoms with Crippen molar-refractivity contribution in [3.8, 4) is 0 Å². The molecule has 0 aliphatic rings. The maximum absolute atomic E-state index is 12.7. The molecule has 0 saturated carbocycles. The molecule has 3 aromatic carbocycles. The predicted molar refractivity (Wildman–Crippen MR) is 103 cm³/mol. The average molecular weight is 380 g/mol. The van der Waals surface area contributed by atoms with E-state index in [1.165, 1.54) is 0 Å². The Balaban J connectivity index is 2.25. The highest BCUT2D eigenvalue weighted by molar-refractivity contribution is 9.18. The van der Waals surface area contributed by atoms with Crippen LogP contribution in [0.15, 0.2) is 91.0 Å². The van der Waals surface area contributed by atoms with Crippen molar-refractivity contribution < 1.29 is 4.79 Å². The number of rotatable bonds is 5. The largest absolute Gasteiger partial charge is 0.323 e. The van der Waals surface area contributed by atoms with Gasteiger partial charge in [0.25, 0.3) is 0 Å². The van der Waals surface area contributed by atoms with E-state index in [2.05, 4.69) is 20.8 Å². The van der Waals surface area contributed by atoms with Crippen LogP contribution in [0.1, 0.15) is 12.5 Å². The van der Waals surface area contributed by atoms with Crippen LogP contribution in [0.25, 0.3) is 0 Å². The third-order valence-corrected chi connectivity index (χ3v) is 4.97. The summed E-state index contributed by atoms with van der Waals surface area (Å²) in [7, 11) is 0. The Hall–Kier alpha value is -2.39. The number of hydrogen-bond donors (Lipinski definition) is 0. The molecule has 120 valence electrons. The summed E-state index contributed by atoms with van der Waals surface area (Å²) in [4.78, 5) is 14.8. The summed E-state index contributed by atoms with van der Waals surface area (Å²) in [6.45, 7) is 1.94. The Bertz CT molecular complexity index is 766. The molecule has 3 aromatic rings. The topological polar surface area (TPSA) is 20.3 Å². The fourth-order valence-electron chi connectivity index (χ4n) is 2.91. The summed E-state index contributed by atoms with van der Waals surface area (Å²) in [5, 5.41) is 0. The second kappa shape index (κ2) is 7.02. The quantitative estimate of drug-likeness (QED) is 0.532. The number of anilines is 2. The number of nitrogens with zero attached hydrogens (tertiary/aromatic N) is 1. The van der Waals surface area contributed by atoms with Crippen LogP contribution in [0.2, 0.25) is 0 Å². The molecule has 0 aliphatic carbocycles. The van der Waals surface area contributed by atoms with Crippen LogP contribution in [0.5, 0.6) is 0 Å². The van der Waals surface area contributed by atoms with Gasteiger partial charge in [-0.2, -0.15) is 0 Å². The minimum Gasteiger partial charge on any atom is -0.323 e. The standard InChI is InChI=1S/C21H18BrNO/c1-21(20(22)24,17-11-5-2-6-12-17)23(18-13-7-3-8-14-18)19-15-9-4-10-16-19/h2-16H,1H3. The van der Waals surface area contributed by atoms with Crippen molar-refractivity contribution in [2.24, 2.45) is 0 Å². The van der Waals surface area contributed by atoms with Gasteiger partial charge < -0.3 is 4.90 Å². The first kappa shape index (κ1) is 16.5. The van der Waals surface area contributed by atoms with Gasteiger partial charge in [-0.15, -0.1) is 0 Å². The fourth-order valence-corrected chi connectivity index (χ4v) is 3.32. The average Bonchev–Trinajstić information content (AvgIpc) is 2.64. The molecule has 0 saturated heterocycles. The highest BCUT2D eigenvalue weighted by atomic mass is 79.9. The summed E-state index contributed by atoms with van der Waals surface area (Å²) in [6.07, 6.45) is 0. The fraction of sp³-hybridized carbons (Fsp3) is 0.0952. The molecule has 0 amide bonds. The molecule has 0 radical (unpaired) electrons. The van der Waals surface area contributed by atoms with Gasteiger partial charge in [0, 0.05) is 11.4 Å². The monoisotopic (exact) mass is 379 g/mol. The molecule has 2 nitrogen and oxygen atoms in total. The molecule has 0 aliphatic heterocycles. The summed E-state index contributed by atoms with van der Waals surface area (Å²) in [5.74, 6) is 0. The van der Waals surface area contributed by atoms with E-state index in [1.54, 1.807) is 0 Å². The van der Waals surface area contributed by atoms with Crippen LogP contribution in [0, 0.1) is 0 Å². The molecule has 3 heteroatoms. The molecule has 0 N–H and O–H groups in total. The lowest BCUT2D eigenvalue weighted by Crippen LogP contribution is -2.45. The Labute approximate surface area is 150 Å². The third kappa shape index (κ3) is 3.00. The molecular formula is C21H18BrNO. The summed E-state index contributed by atoms with van der Waals surface area (Å²) < 4.78 is -0.0890. The molecular weight excluding hydrogens is 362 g/mol. The van der Waals surface area contributed by atoms with Gasteiger partial charge >= 0.3 is 0 Å². The highest BCUT2D eigenvalue weighted by Crippen LogP contribution is 2.41. The third-order valence-electron chi connectivity index (χ3n) is 4.19. The second-order valence-corrected chi connectivity index (χ2v) is 6.44. The normalized spacial score (nSPS) is 13.1. The van der Waals surface area contributed by atoms with E-state index in [4.69, 9.17) is 0 Å². The van der Waals surface area contributed by atoms with E-state index in [-0.39, 0.29) is 4.69 Å². The van der Waals surface area contributed by atoms with E-state index in [0.29, 0.717) is 0 Å². The Morgan fingerprint density at radius 1 is 0.750 bits per heavy atom. The zero-order chi connectivity index (χ0) is 17.0. The summed E-state index contributed by atoms with van der Waals surface area (Å²) >= 11 is 3.25. The SMILES string of the molecule is CC(C(=O)Br)(c1ccccc1)N(c1ccccc1)c1ccccc1. The Morgan fingerprint density at radius 3 is 1.50 bits per heavy atom. The summed E-state index contributed by atoms with van der Waals surface area (Å²) in [6, 6.07) is 29.8. The number of hydrogen-bond acceptors (Lipinski definition) is 2. The van der Waals surface area contributed by atoms with Gasteiger partial charge in [-0.25, -0.2) is 0 Å². The molecule has 3 rings (SSSR count). The van der Waals surface area contributed by atoms with Crippen LogP contribution in [-0.4, -0.2) is 4.69 Å². The van der Waals surface area contributed by atoms with E-state index in [9.17, 15) is 4.79 Å². The zero-order valence-corrected chi connectivity index (χ0v) is 15.0. The molecule has 0 spiro atoms. The minimum absolute atomic E-state index is 0.0890. The van der Waals surface area contributed by atoms with Crippen molar-refractivity contribution in [1.82, 2.24) is 0 Å². The van der Waals surface area contributed by atoms with Gasteiger partial charge in [0.15, 0.2) is 0 Å². The van der Waals surface area contributed by atoms with Gasteiger partial charge in [0.05, 0.1) is 0 Å². The molecule has 24 heavy (non-hydrogen) atoms. The van der Waals surface area contributed by atoms with Crippen LogP contribution in [-0.2, 0) is 10.3 Å². The first-order chi connectivity index (χ1) is 11.6. The van der Waals surface area contributed by atoms with Crippen LogP contribution < -0.4 is 4.90 Å². The molecule has 0 fully saturated rings. The van der Waals surface area contributed by atoms with Crippen LogP contribution in [0.3, 0.4) is 0 Å². The van der Waals surface area contributed by atoms with Gasteiger partial charge in [-0.05, 0) is 52.7 Å². The molecule has 0 bridgehead atoms. The number of halogens is 1. The number of para-hydroxylation sites is 2. The van der Waals surface area contributed by atoms with Gasteiger partial charge in [0.1, 0.15) is 5.54 Å².